The van der Waals surface area contributed by atoms with Crippen LogP contribution in [0.2, 0.25) is 0 Å². The monoisotopic (exact) mass is 270 g/mol. The molecule has 3 heteroatoms. The molecule has 1 heterocycles. The van der Waals surface area contributed by atoms with Crippen molar-refractivity contribution in [2.45, 2.75) is 36.4 Å². The van der Waals surface area contributed by atoms with Gasteiger partial charge in [-0.3, -0.25) is 0 Å². The number of hydrogen-bond acceptors (Lipinski definition) is 2. The van der Waals surface area contributed by atoms with Crippen molar-refractivity contribution in [3.05, 3.63) is 0 Å². The molecule has 0 aromatic carbocycles. The summed E-state index contributed by atoms with van der Waals surface area (Å²) in [7, 11) is 0. The summed E-state index contributed by atoms with van der Waals surface area (Å²) in [5.74, 6) is 0. The van der Waals surface area contributed by atoms with Gasteiger partial charge in [-0.2, -0.15) is 0 Å². The summed E-state index contributed by atoms with van der Waals surface area (Å²) in [6.07, 6.45) is 3.60. The smallest absolute Gasteiger partial charge is 0.157 e. The van der Waals surface area contributed by atoms with E-state index < -0.39 is 0 Å². The van der Waals surface area contributed by atoms with E-state index in [4.69, 9.17) is 9.47 Å². The lowest BCUT2D eigenvalue weighted by Gasteiger charge is -2.23. The fourth-order valence-electron chi connectivity index (χ4n) is 1.08. The predicted molar refractivity (Wildman–Crippen MR) is 53.0 cm³/mol. The molecule has 0 aromatic heterocycles. The van der Waals surface area contributed by atoms with Crippen molar-refractivity contribution in [3.8, 4) is 0 Å². The summed E-state index contributed by atoms with van der Waals surface area (Å²) in [6.45, 7) is 3.83. The van der Waals surface area contributed by atoms with E-state index in [1.54, 1.807) is 0 Å². The molecule has 1 rings (SSSR count). The van der Waals surface area contributed by atoms with Crippen LogP contribution < -0.4 is 0 Å². The van der Waals surface area contributed by atoms with Gasteiger partial charge in [0.2, 0.25) is 0 Å². The first-order valence-electron chi connectivity index (χ1n) is 4.16. The average molecular weight is 270 g/mol. The molecule has 1 saturated heterocycles. The fraction of sp³-hybridized carbons (Fsp3) is 1.00. The van der Waals surface area contributed by atoms with Crippen molar-refractivity contribution < 1.29 is 9.47 Å². The van der Waals surface area contributed by atoms with Gasteiger partial charge in [0.1, 0.15) is 0 Å². The van der Waals surface area contributed by atoms with E-state index in [9.17, 15) is 0 Å². The zero-order valence-corrected chi connectivity index (χ0v) is 9.04. The van der Waals surface area contributed by atoms with Crippen molar-refractivity contribution in [1.29, 1.82) is 0 Å². The lowest BCUT2D eigenvalue weighted by atomic mass is 10.2. The van der Waals surface area contributed by atoms with E-state index in [0.717, 1.165) is 19.6 Å². The Kier molecular flexibility index (Phi) is 4.71. The number of halogens is 1. The molecular formula is C8H15IO2. The molecule has 1 aliphatic rings. The second-order valence-corrected chi connectivity index (χ2v) is 5.04. The van der Waals surface area contributed by atoms with Crippen molar-refractivity contribution in [1.82, 2.24) is 0 Å². The zero-order chi connectivity index (χ0) is 8.10. The minimum absolute atomic E-state index is 0.0842. The van der Waals surface area contributed by atoms with Crippen LogP contribution in [0.5, 0.6) is 0 Å². The molecule has 0 N–H and O–H groups in total. The third-order valence-corrected chi connectivity index (χ3v) is 2.01. The summed E-state index contributed by atoms with van der Waals surface area (Å²) in [6, 6.07) is 0. The van der Waals surface area contributed by atoms with E-state index in [-0.39, 0.29) is 6.29 Å². The van der Waals surface area contributed by atoms with Crippen LogP contribution in [0, 0.1) is 0 Å². The molecule has 0 saturated carbocycles. The Labute approximate surface area is 81.8 Å². The molecule has 0 radical (unpaired) electrons. The van der Waals surface area contributed by atoms with Crippen molar-refractivity contribution in [3.63, 3.8) is 0 Å². The van der Waals surface area contributed by atoms with Crippen molar-refractivity contribution in [2.24, 2.45) is 0 Å². The normalized spacial score (nSPS) is 28.4. The highest BCUT2D eigenvalue weighted by molar-refractivity contribution is 14.1. The summed E-state index contributed by atoms with van der Waals surface area (Å²) in [5.41, 5.74) is 0. The molecule has 2 nitrogen and oxygen atoms in total. The van der Waals surface area contributed by atoms with Gasteiger partial charge in [-0.1, -0.05) is 29.5 Å². The highest BCUT2D eigenvalue weighted by Gasteiger charge is 2.14. The van der Waals surface area contributed by atoms with Crippen molar-refractivity contribution in [2.75, 3.05) is 13.2 Å². The molecule has 11 heavy (non-hydrogen) atoms. The molecule has 0 amide bonds. The molecular weight excluding hydrogens is 255 g/mol. The first-order chi connectivity index (χ1) is 5.29. The molecule has 0 aromatic rings. The second kappa shape index (κ2) is 5.32. The summed E-state index contributed by atoms with van der Waals surface area (Å²) in [4.78, 5) is 0. The maximum atomic E-state index is 5.51. The fourth-order valence-corrected chi connectivity index (χ4v) is 1.29. The maximum absolute atomic E-state index is 5.51. The lowest BCUT2D eigenvalue weighted by Crippen LogP contribution is -2.24. The average Bonchev–Trinajstić information content (AvgIpc) is 2.03. The summed E-state index contributed by atoms with van der Waals surface area (Å²) in [5, 5.41) is 0. The third-order valence-electron chi connectivity index (χ3n) is 1.65. The topological polar surface area (TPSA) is 18.5 Å². The van der Waals surface area contributed by atoms with Gasteiger partial charge in [0, 0.05) is 10.5 Å². The standard InChI is InChI=1S/C8H15IO2/c1-7(9)6-11-8-4-2-3-5-10-8/h7-8H,2-6H2,1H3. The Bertz CT molecular complexity index is 100. The molecule has 0 bridgehead atoms. The minimum Gasteiger partial charge on any atom is -0.353 e. The zero-order valence-electron chi connectivity index (χ0n) is 6.88. The maximum Gasteiger partial charge on any atom is 0.157 e. The van der Waals surface area contributed by atoms with Gasteiger partial charge >= 0.3 is 0 Å². The van der Waals surface area contributed by atoms with Crippen LogP contribution in [0.1, 0.15) is 26.2 Å². The third kappa shape index (κ3) is 4.28. The number of hydrogen-bond donors (Lipinski definition) is 0. The van der Waals surface area contributed by atoms with Crippen LogP contribution in [-0.2, 0) is 9.47 Å². The van der Waals surface area contributed by atoms with Gasteiger partial charge in [-0.25, -0.2) is 0 Å². The van der Waals surface area contributed by atoms with Gasteiger partial charge < -0.3 is 9.47 Å². The van der Waals surface area contributed by atoms with E-state index in [2.05, 4.69) is 29.5 Å². The van der Waals surface area contributed by atoms with Gasteiger partial charge in [0.15, 0.2) is 6.29 Å². The Morgan fingerprint density at radius 2 is 2.45 bits per heavy atom. The summed E-state index contributed by atoms with van der Waals surface area (Å²) >= 11 is 2.36. The molecule has 1 fully saturated rings. The second-order valence-electron chi connectivity index (χ2n) is 2.91. The Balaban J connectivity index is 2.05. The summed E-state index contributed by atoms with van der Waals surface area (Å²) < 4.78 is 11.5. The van der Waals surface area contributed by atoms with Crippen LogP contribution in [0.4, 0.5) is 0 Å². The van der Waals surface area contributed by atoms with E-state index in [1.165, 1.54) is 12.8 Å². The molecule has 2 atom stereocenters. The SMILES string of the molecule is CC(I)COC1CCCCO1. The minimum atomic E-state index is 0.0842. The molecule has 1 aliphatic heterocycles. The number of alkyl halides is 1. The lowest BCUT2D eigenvalue weighted by molar-refractivity contribution is -0.160. The van der Waals surface area contributed by atoms with Gasteiger partial charge in [-0.15, -0.1) is 0 Å². The van der Waals surface area contributed by atoms with E-state index in [0.29, 0.717) is 3.92 Å². The van der Waals surface area contributed by atoms with E-state index >= 15 is 0 Å². The van der Waals surface area contributed by atoms with Crippen molar-refractivity contribution >= 4 is 22.6 Å². The van der Waals surface area contributed by atoms with Gasteiger partial charge in [0.25, 0.3) is 0 Å². The molecule has 0 spiro atoms. The Morgan fingerprint density at radius 1 is 1.64 bits per heavy atom. The van der Waals surface area contributed by atoms with Crippen LogP contribution >= 0.6 is 22.6 Å². The van der Waals surface area contributed by atoms with Crippen LogP contribution in [-0.4, -0.2) is 23.4 Å². The quantitative estimate of drug-likeness (QED) is 0.579. The number of rotatable bonds is 3. The van der Waals surface area contributed by atoms with Crippen LogP contribution in [0.25, 0.3) is 0 Å². The highest BCUT2D eigenvalue weighted by Crippen LogP contribution is 2.14. The molecule has 0 aliphatic carbocycles. The largest absolute Gasteiger partial charge is 0.353 e. The van der Waals surface area contributed by atoms with Gasteiger partial charge in [-0.05, 0) is 19.3 Å². The number of ether oxygens (including phenoxy) is 2. The van der Waals surface area contributed by atoms with Gasteiger partial charge in [0.05, 0.1) is 6.61 Å². The van der Waals surface area contributed by atoms with Crippen LogP contribution in [0.3, 0.4) is 0 Å². The molecule has 2 unspecified atom stereocenters. The molecule has 66 valence electrons. The Morgan fingerprint density at radius 3 is 3.00 bits per heavy atom. The first-order valence-corrected chi connectivity index (χ1v) is 5.41. The highest BCUT2D eigenvalue weighted by atomic mass is 127. The predicted octanol–water partition coefficient (Wildman–Crippen LogP) is 2.35. The van der Waals surface area contributed by atoms with E-state index in [1.807, 2.05) is 0 Å². The first kappa shape index (κ1) is 9.74. The van der Waals surface area contributed by atoms with Crippen LogP contribution in [0.15, 0.2) is 0 Å². The Hall–Kier alpha value is 0.650.